The monoisotopic (exact) mass is 307 g/mol. The summed E-state index contributed by atoms with van der Waals surface area (Å²) in [5, 5.41) is 7.94. The second kappa shape index (κ2) is 7.25. The smallest absolute Gasteiger partial charge is 0.222 e. The van der Waals surface area contributed by atoms with Crippen molar-refractivity contribution in [3.8, 4) is 0 Å². The minimum absolute atomic E-state index is 0.265. The summed E-state index contributed by atoms with van der Waals surface area (Å²) in [5.41, 5.74) is 0.386. The fourth-order valence-corrected chi connectivity index (χ4v) is 2.93. The third-order valence-corrected chi connectivity index (χ3v) is 5.24. The van der Waals surface area contributed by atoms with Crippen LogP contribution >= 0.6 is 0 Å². The van der Waals surface area contributed by atoms with Crippen LogP contribution in [0.15, 0.2) is 4.42 Å². The first kappa shape index (κ1) is 17.0. The average molecular weight is 307 g/mol. The first-order valence-electron chi connectivity index (χ1n) is 8.53. The second-order valence-corrected chi connectivity index (χ2v) is 6.99. The highest BCUT2D eigenvalue weighted by atomic mass is 16.4. The number of piperidine rings is 1. The zero-order chi connectivity index (χ0) is 16.2. The summed E-state index contributed by atoms with van der Waals surface area (Å²) in [7, 11) is 0. The minimum atomic E-state index is 0.265. The Morgan fingerprint density at radius 1 is 1.27 bits per heavy atom. The molecule has 1 aromatic rings. The molecule has 1 saturated heterocycles. The van der Waals surface area contributed by atoms with E-state index in [-0.39, 0.29) is 5.91 Å². The Labute approximate surface area is 133 Å². The Kier molecular flexibility index (Phi) is 5.59. The number of likely N-dealkylation sites (tertiary alicyclic amines) is 1. The van der Waals surface area contributed by atoms with Crippen molar-refractivity contribution in [1.29, 1.82) is 0 Å². The standard InChI is InChI=1S/C17H29N3O2/c1-5-14-18-19-15(22-14)7-6-8-16(21)20-11-9-17(4,10-12-20)13(2)3/h13H,5-12H2,1-4H3. The molecule has 0 radical (unpaired) electrons. The van der Waals surface area contributed by atoms with Crippen LogP contribution in [0.4, 0.5) is 0 Å². The van der Waals surface area contributed by atoms with E-state index >= 15 is 0 Å². The van der Waals surface area contributed by atoms with Crippen LogP contribution in [-0.4, -0.2) is 34.1 Å². The van der Waals surface area contributed by atoms with Gasteiger partial charge in [0.15, 0.2) is 0 Å². The summed E-state index contributed by atoms with van der Waals surface area (Å²) in [6.07, 6.45) is 5.02. The van der Waals surface area contributed by atoms with Gasteiger partial charge in [-0.1, -0.05) is 27.7 Å². The van der Waals surface area contributed by atoms with Crippen LogP contribution < -0.4 is 0 Å². The number of carbonyl (C=O) groups is 1. The average Bonchev–Trinajstić information content (AvgIpc) is 2.95. The van der Waals surface area contributed by atoms with Crippen molar-refractivity contribution in [2.24, 2.45) is 11.3 Å². The number of amides is 1. The van der Waals surface area contributed by atoms with Crippen LogP contribution in [0.25, 0.3) is 0 Å². The summed E-state index contributed by atoms with van der Waals surface area (Å²) in [4.78, 5) is 14.3. The summed E-state index contributed by atoms with van der Waals surface area (Å²) >= 11 is 0. The molecule has 1 aliphatic rings. The summed E-state index contributed by atoms with van der Waals surface area (Å²) < 4.78 is 5.47. The molecule has 0 saturated carbocycles. The Morgan fingerprint density at radius 2 is 1.91 bits per heavy atom. The maximum atomic E-state index is 12.3. The van der Waals surface area contributed by atoms with E-state index in [1.807, 2.05) is 11.8 Å². The number of hydrogen-bond donors (Lipinski definition) is 0. The third kappa shape index (κ3) is 4.08. The molecule has 1 fully saturated rings. The topological polar surface area (TPSA) is 59.2 Å². The molecular formula is C17H29N3O2. The quantitative estimate of drug-likeness (QED) is 0.809. The Morgan fingerprint density at radius 3 is 2.45 bits per heavy atom. The van der Waals surface area contributed by atoms with Crippen molar-refractivity contribution in [2.45, 2.75) is 66.2 Å². The fraction of sp³-hybridized carbons (Fsp3) is 0.824. The second-order valence-electron chi connectivity index (χ2n) is 6.99. The van der Waals surface area contributed by atoms with E-state index in [2.05, 4.69) is 31.0 Å². The van der Waals surface area contributed by atoms with E-state index in [1.54, 1.807) is 0 Å². The van der Waals surface area contributed by atoms with Crippen molar-refractivity contribution in [3.05, 3.63) is 11.8 Å². The van der Waals surface area contributed by atoms with Gasteiger partial charge in [-0.25, -0.2) is 0 Å². The van der Waals surface area contributed by atoms with Crippen LogP contribution in [0.5, 0.6) is 0 Å². The summed E-state index contributed by atoms with van der Waals surface area (Å²) in [6, 6.07) is 0. The van der Waals surface area contributed by atoms with Gasteiger partial charge in [0.05, 0.1) is 0 Å². The molecule has 0 atom stereocenters. The Balaban J connectivity index is 1.72. The number of hydrogen-bond acceptors (Lipinski definition) is 4. The van der Waals surface area contributed by atoms with E-state index in [0.29, 0.717) is 36.0 Å². The molecule has 1 amide bonds. The molecule has 5 nitrogen and oxygen atoms in total. The molecule has 5 heteroatoms. The third-order valence-electron chi connectivity index (χ3n) is 5.24. The minimum Gasteiger partial charge on any atom is -0.425 e. The predicted octanol–water partition coefficient (Wildman–Crippen LogP) is 3.24. The number of rotatable bonds is 6. The fourth-order valence-electron chi connectivity index (χ4n) is 2.93. The normalized spacial score (nSPS) is 18.0. The summed E-state index contributed by atoms with van der Waals surface area (Å²) in [5.74, 6) is 2.26. The van der Waals surface area contributed by atoms with Gasteiger partial charge in [0.1, 0.15) is 0 Å². The van der Waals surface area contributed by atoms with Gasteiger partial charge >= 0.3 is 0 Å². The number of aromatic nitrogens is 2. The van der Waals surface area contributed by atoms with Crippen molar-refractivity contribution in [2.75, 3.05) is 13.1 Å². The van der Waals surface area contributed by atoms with Crippen LogP contribution in [0.1, 0.15) is 65.2 Å². The molecule has 0 bridgehead atoms. The lowest BCUT2D eigenvalue weighted by atomic mass is 9.72. The van der Waals surface area contributed by atoms with Gasteiger partial charge in [0, 0.05) is 32.4 Å². The molecule has 0 aromatic carbocycles. The Hall–Kier alpha value is -1.39. The van der Waals surface area contributed by atoms with E-state index in [1.165, 1.54) is 0 Å². The van der Waals surface area contributed by atoms with Gasteiger partial charge in [-0.3, -0.25) is 4.79 Å². The molecule has 1 aromatic heterocycles. The number of carbonyl (C=O) groups excluding carboxylic acids is 1. The predicted molar refractivity (Wildman–Crippen MR) is 85.4 cm³/mol. The Bertz CT molecular complexity index is 488. The van der Waals surface area contributed by atoms with E-state index < -0.39 is 0 Å². The van der Waals surface area contributed by atoms with Crippen molar-refractivity contribution in [1.82, 2.24) is 15.1 Å². The van der Waals surface area contributed by atoms with Gasteiger partial charge in [-0.15, -0.1) is 10.2 Å². The maximum Gasteiger partial charge on any atom is 0.222 e. The highest BCUT2D eigenvalue weighted by Gasteiger charge is 2.33. The van der Waals surface area contributed by atoms with E-state index in [9.17, 15) is 4.79 Å². The van der Waals surface area contributed by atoms with Crippen LogP contribution in [0.3, 0.4) is 0 Å². The van der Waals surface area contributed by atoms with Gasteiger partial charge in [0.2, 0.25) is 17.7 Å². The van der Waals surface area contributed by atoms with E-state index in [4.69, 9.17) is 4.42 Å². The van der Waals surface area contributed by atoms with Crippen molar-refractivity contribution in [3.63, 3.8) is 0 Å². The van der Waals surface area contributed by atoms with Gasteiger partial charge in [-0.05, 0) is 30.6 Å². The van der Waals surface area contributed by atoms with Crippen molar-refractivity contribution < 1.29 is 9.21 Å². The molecule has 2 heterocycles. The van der Waals surface area contributed by atoms with E-state index in [0.717, 1.165) is 38.8 Å². The maximum absolute atomic E-state index is 12.3. The molecule has 0 N–H and O–H groups in total. The molecule has 0 spiro atoms. The molecule has 2 rings (SSSR count). The lowest BCUT2D eigenvalue weighted by Gasteiger charge is -2.42. The highest BCUT2D eigenvalue weighted by molar-refractivity contribution is 5.76. The molecular weight excluding hydrogens is 278 g/mol. The molecule has 0 aliphatic carbocycles. The van der Waals surface area contributed by atoms with Crippen molar-refractivity contribution >= 4 is 5.91 Å². The number of nitrogens with zero attached hydrogens (tertiary/aromatic N) is 3. The lowest BCUT2D eigenvalue weighted by molar-refractivity contribution is -0.133. The molecule has 22 heavy (non-hydrogen) atoms. The molecule has 0 unspecified atom stereocenters. The van der Waals surface area contributed by atoms with Crippen LogP contribution in [0.2, 0.25) is 0 Å². The highest BCUT2D eigenvalue weighted by Crippen LogP contribution is 2.38. The van der Waals surface area contributed by atoms with Gasteiger partial charge < -0.3 is 9.32 Å². The zero-order valence-electron chi connectivity index (χ0n) is 14.4. The molecule has 1 aliphatic heterocycles. The summed E-state index contributed by atoms with van der Waals surface area (Å²) in [6.45, 7) is 10.7. The zero-order valence-corrected chi connectivity index (χ0v) is 14.4. The first-order chi connectivity index (χ1) is 10.4. The molecule has 124 valence electrons. The lowest BCUT2D eigenvalue weighted by Crippen LogP contribution is -2.43. The SMILES string of the molecule is CCc1nnc(CCCC(=O)N2CCC(C)(C(C)C)CC2)o1. The van der Waals surface area contributed by atoms with Crippen LogP contribution in [-0.2, 0) is 17.6 Å². The number of aryl methyl sites for hydroxylation is 2. The van der Waals surface area contributed by atoms with Crippen LogP contribution in [0, 0.1) is 11.3 Å². The van der Waals surface area contributed by atoms with Gasteiger partial charge in [-0.2, -0.15) is 0 Å². The first-order valence-corrected chi connectivity index (χ1v) is 8.53. The van der Waals surface area contributed by atoms with Gasteiger partial charge in [0.25, 0.3) is 0 Å². The largest absolute Gasteiger partial charge is 0.425 e.